The zero-order valence-electron chi connectivity index (χ0n) is 10.4. The summed E-state index contributed by atoms with van der Waals surface area (Å²) >= 11 is 0. The Balaban J connectivity index is 2.35. The first-order valence-corrected chi connectivity index (χ1v) is 5.94. The van der Waals surface area contributed by atoms with E-state index in [1.807, 2.05) is 4.90 Å². The van der Waals surface area contributed by atoms with E-state index in [2.05, 4.69) is 10.1 Å². The van der Waals surface area contributed by atoms with Crippen molar-refractivity contribution in [3.05, 3.63) is 12.3 Å². The van der Waals surface area contributed by atoms with Crippen molar-refractivity contribution in [3.8, 4) is 0 Å². The van der Waals surface area contributed by atoms with Crippen molar-refractivity contribution in [1.82, 2.24) is 10.2 Å². The molecule has 1 aliphatic heterocycles. The van der Waals surface area contributed by atoms with Crippen molar-refractivity contribution in [1.29, 1.82) is 0 Å². The van der Waals surface area contributed by atoms with Gasteiger partial charge in [-0.2, -0.15) is 0 Å². The fourth-order valence-electron chi connectivity index (χ4n) is 1.79. The molecule has 0 saturated carbocycles. The molecule has 0 aromatic rings. The van der Waals surface area contributed by atoms with E-state index in [-0.39, 0.29) is 11.9 Å². The SMILES string of the molecule is COC(=O)/C=C/NC(C)C(=O)N1CCCCC1. The van der Waals surface area contributed by atoms with E-state index in [9.17, 15) is 9.59 Å². The highest BCUT2D eigenvalue weighted by Crippen LogP contribution is 2.09. The van der Waals surface area contributed by atoms with Crippen molar-refractivity contribution < 1.29 is 14.3 Å². The topological polar surface area (TPSA) is 58.6 Å². The smallest absolute Gasteiger partial charge is 0.331 e. The molecular formula is C12H20N2O3. The van der Waals surface area contributed by atoms with E-state index in [4.69, 9.17) is 0 Å². The van der Waals surface area contributed by atoms with Gasteiger partial charge in [-0.05, 0) is 26.2 Å². The highest BCUT2D eigenvalue weighted by molar-refractivity contribution is 5.83. The molecule has 17 heavy (non-hydrogen) atoms. The number of ether oxygens (including phenoxy) is 1. The summed E-state index contributed by atoms with van der Waals surface area (Å²) in [5.41, 5.74) is 0. The normalized spacial score (nSPS) is 17.9. The molecule has 1 fully saturated rings. The molecule has 0 radical (unpaired) electrons. The van der Waals surface area contributed by atoms with Gasteiger partial charge in [-0.3, -0.25) is 4.79 Å². The second-order valence-electron chi connectivity index (χ2n) is 4.13. The van der Waals surface area contributed by atoms with Crippen LogP contribution in [0, 0.1) is 0 Å². The Morgan fingerprint density at radius 1 is 1.29 bits per heavy atom. The second-order valence-corrected chi connectivity index (χ2v) is 4.13. The summed E-state index contributed by atoms with van der Waals surface area (Å²) in [5, 5.41) is 2.87. The van der Waals surface area contributed by atoms with Crippen LogP contribution in [0.15, 0.2) is 12.3 Å². The summed E-state index contributed by atoms with van der Waals surface area (Å²) in [4.78, 5) is 24.6. The molecule has 5 heteroatoms. The maximum absolute atomic E-state index is 12.0. The van der Waals surface area contributed by atoms with Crippen LogP contribution in [0.25, 0.3) is 0 Å². The van der Waals surface area contributed by atoms with Crippen molar-refractivity contribution in [3.63, 3.8) is 0 Å². The lowest BCUT2D eigenvalue weighted by molar-refractivity contribution is -0.135. The minimum absolute atomic E-state index is 0.0826. The van der Waals surface area contributed by atoms with Gasteiger partial charge in [-0.25, -0.2) is 4.79 Å². The van der Waals surface area contributed by atoms with Gasteiger partial charge in [0.15, 0.2) is 0 Å². The number of rotatable bonds is 4. The van der Waals surface area contributed by atoms with Crippen molar-refractivity contribution in [2.24, 2.45) is 0 Å². The average molecular weight is 240 g/mol. The molecule has 5 nitrogen and oxygen atoms in total. The molecule has 0 aromatic heterocycles. The highest BCUT2D eigenvalue weighted by Gasteiger charge is 2.20. The molecule has 1 saturated heterocycles. The number of amides is 1. The molecule has 1 N–H and O–H groups in total. The fraction of sp³-hybridized carbons (Fsp3) is 0.667. The van der Waals surface area contributed by atoms with Gasteiger partial charge in [0.2, 0.25) is 5.91 Å². The van der Waals surface area contributed by atoms with Gasteiger partial charge in [0.25, 0.3) is 0 Å². The third-order valence-corrected chi connectivity index (χ3v) is 2.80. The number of nitrogens with zero attached hydrogens (tertiary/aromatic N) is 1. The average Bonchev–Trinajstić information content (AvgIpc) is 2.38. The lowest BCUT2D eigenvalue weighted by Crippen LogP contribution is -2.45. The van der Waals surface area contributed by atoms with Gasteiger partial charge in [-0.15, -0.1) is 0 Å². The first-order valence-electron chi connectivity index (χ1n) is 5.94. The Bertz CT molecular complexity index is 296. The molecule has 0 spiro atoms. The van der Waals surface area contributed by atoms with Gasteiger partial charge in [0.1, 0.15) is 6.04 Å². The predicted octanol–water partition coefficient (Wildman–Crippen LogP) is 0.664. The van der Waals surface area contributed by atoms with E-state index in [1.165, 1.54) is 25.8 Å². The van der Waals surface area contributed by atoms with Crippen molar-refractivity contribution in [2.45, 2.75) is 32.2 Å². The molecule has 1 aliphatic rings. The van der Waals surface area contributed by atoms with Gasteiger partial charge in [0.05, 0.1) is 7.11 Å². The molecular weight excluding hydrogens is 220 g/mol. The van der Waals surface area contributed by atoms with Crippen LogP contribution in [-0.4, -0.2) is 43.0 Å². The summed E-state index contributed by atoms with van der Waals surface area (Å²) in [5.74, 6) is -0.352. The number of carbonyl (C=O) groups excluding carboxylic acids is 2. The van der Waals surface area contributed by atoms with Crippen LogP contribution in [0.1, 0.15) is 26.2 Å². The molecule has 1 atom stereocenters. The first-order chi connectivity index (χ1) is 8.15. The third kappa shape index (κ3) is 4.46. The molecule has 0 aliphatic carbocycles. The number of methoxy groups -OCH3 is 1. The quantitative estimate of drug-likeness (QED) is 0.579. The zero-order valence-corrected chi connectivity index (χ0v) is 10.4. The van der Waals surface area contributed by atoms with Crippen molar-refractivity contribution >= 4 is 11.9 Å². The number of piperidine rings is 1. The standard InChI is InChI=1S/C12H20N2O3/c1-10(13-7-6-11(15)17-2)12(16)14-8-4-3-5-9-14/h6-7,10,13H,3-5,8-9H2,1-2H3/b7-6+. The van der Waals surface area contributed by atoms with Crippen LogP contribution >= 0.6 is 0 Å². The molecule has 1 amide bonds. The summed E-state index contributed by atoms with van der Waals surface area (Å²) in [6, 6.07) is -0.311. The first kappa shape index (κ1) is 13.5. The molecule has 96 valence electrons. The van der Waals surface area contributed by atoms with Gasteiger partial charge >= 0.3 is 5.97 Å². The summed E-state index contributed by atoms with van der Waals surface area (Å²) < 4.78 is 4.45. The Morgan fingerprint density at radius 3 is 2.53 bits per heavy atom. The number of hydrogen-bond acceptors (Lipinski definition) is 4. The number of esters is 1. The minimum atomic E-state index is -0.435. The van der Waals surface area contributed by atoms with Crippen LogP contribution in [0.2, 0.25) is 0 Å². The molecule has 0 bridgehead atoms. The van der Waals surface area contributed by atoms with Crippen LogP contribution < -0.4 is 5.32 Å². The van der Waals surface area contributed by atoms with E-state index in [0.717, 1.165) is 25.9 Å². The van der Waals surface area contributed by atoms with Gasteiger partial charge in [0, 0.05) is 25.4 Å². The fourth-order valence-corrected chi connectivity index (χ4v) is 1.79. The molecule has 0 aromatic carbocycles. The minimum Gasteiger partial charge on any atom is -0.466 e. The number of nitrogens with one attached hydrogen (secondary N) is 1. The summed E-state index contributed by atoms with van der Waals surface area (Å²) in [6.07, 6.45) is 6.08. The monoisotopic (exact) mass is 240 g/mol. The van der Waals surface area contributed by atoms with E-state index in [1.54, 1.807) is 6.92 Å². The van der Waals surface area contributed by atoms with E-state index >= 15 is 0 Å². The van der Waals surface area contributed by atoms with Crippen molar-refractivity contribution in [2.75, 3.05) is 20.2 Å². The van der Waals surface area contributed by atoms with Crippen LogP contribution in [0.5, 0.6) is 0 Å². The predicted molar refractivity (Wildman–Crippen MR) is 64.2 cm³/mol. The Hall–Kier alpha value is -1.52. The summed E-state index contributed by atoms with van der Waals surface area (Å²) in [6.45, 7) is 3.47. The Kier molecular flexibility index (Phi) is 5.52. The van der Waals surface area contributed by atoms with Crippen LogP contribution in [0.4, 0.5) is 0 Å². The maximum Gasteiger partial charge on any atom is 0.331 e. The zero-order chi connectivity index (χ0) is 12.7. The van der Waals surface area contributed by atoms with Crippen LogP contribution in [-0.2, 0) is 14.3 Å². The second kappa shape index (κ2) is 6.93. The largest absolute Gasteiger partial charge is 0.466 e. The van der Waals surface area contributed by atoms with E-state index in [0.29, 0.717) is 0 Å². The van der Waals surface area contributed by atoms with Crippen LogP contribution in [0.3, 0.4) is 0 Å². The Labute approximate surface area is 102 Å². The third-order valence-electron chi connectivity index (χ3n) is 2.80. The molecule has 1 unspecified atom stereocenters. The van der Waals surface area contributed by atoms with Gasteiger partial charge in [-0.1, -0.05) is 0 Å². The molecule has 1 rings (SSSR count). The number of hydrogen-bond donors (Lipinski definition) is 1. The summed E-state index contributed by atoms with van der Waals surface area (Å²) in [7, 11) is 1.31. The lowest BCUT2D eigenvalue weighted by Gasteiger charge is -2.29. The highest BCUT2D eigenvalue weighted by atomic mass is 16.5. The maximum atomic E-state index is 12.0. The number of likely N-dealkylation sites (tertiary alicyclic amines) is 1. The van der Waals surface area contributed by atoms with E-state index < -0.39 is 5.97 Å². The van der Waals surface area contributed by atoms with Gasteiger partial charge < -0.3 is 15.0 Å². The Morgan fingerprint density at radius 2 is 1.94 bits per heavy atom. The lowest BCUT2D eigenvalue weighted by atomic mass is 10.1. The molecule has 1 heterocycles. The number of carbonyl (C=O) groups is 2.